The van der Waals surface area contributed by atoms with E-state index in [0.717, 1.165) is 83.5 Å². The molecule has 1 radical (unpaired) electrons. The first-order valence-corrected chi connectivity index (χ1v) is 29.3. The van der Waals surface area contributed by atoms with Crippen LogP contribution < -0.4 is 0 Å². The minimum absolute atomic E-state index is 0.00277. The summed E-state index contributed by atoms with van der Waals surface area (Å²) in [6, 6.07) is 0. The van der Waals surface area contributed by atoms with Gasteiger partial charge >= 0.3 is 48.6 Å². The summed E-state index contributed by atoms with van der Waals surface area (Å²) in [7, 11) is 7.22. The number of Topliss-reactive ketones (excluding diaryl/α,β-unsaturated/α-hetero) is 2. The zero-order valence-electron chi connectivity index (χ0n) is 46.2. The van der Waals surface area contributed by atoms with Crippen LogP contribution in [0.1, 0.15) is 172 Å². The van der Waals surface area contributed by atoms with E-state index in [9.17, 15) is 33.9 Å². The summed E-state index contributed by atoms with van der Waals surface area (Å²) in [6.45, 7) is 21.0. The van der Waals surface area contributed by atoms with Crippen molar-refractivity contribution in [3.8, 4) is 0 Å². The Bertz CT molecular complexity index is 2070. The molecule has 8 unspecified atom stereocenters. The summed E-state index contributed by atoms with van der Waals surface area (Å²) in [5.74, 6) is 2.60. The molecule has 12 nitrogen and oxygen atoms in total. The molecule has 0 bridgehead atoms. The second-order valence-corrected chi connectivity index (χ2v) is 26.3. The standard InChI is InChI=1S/C29H45BrO6.C29H44O5.BHNS/c1-7-18-21-14-17(36-16(3)31)12-13-28(21,4)24-23(25(18)33)20-10-9-19(15(2)8-11-22(32)35-6)29(20,5)27(30)26(24)34;1-7-20-24-16-19(34-18(3)30)12-14-29(24,5)23-13-15-28(4)21(17(2)8-11-25(31)33-6)9-10-22(28)26(23)27(20)32;1-2-3/h15,17-21,23-24,26-27,34H,7-14H2,1-6H3;13,15,17,19-24,26H,7-12,14,16H2,1-6H3;3H/t15-,17-,18-,19-,20?,21+,23?,24?,26?,27?,28+,29-;17-,19-,20-,21-,22?,23?,24+,26?,28-,29-;/m11./s1. The van der Waals surface area contributed by atoms with Gasteiger partial charge in [-0.2, -0.15) is 0 Å². The Balaban J connectivity index is 0.000000226. The fourth-order valence-corrected chi connectivity index (χ4v) is 19.6. The Kier molecular flexibility index (Phi) is 19.8. The second kappa shape index (κ2) is 24.1. The maximum atomic E-state index is 14.3. The molecule has 0 aromatic heterocycles. The molecule has 0 aliphatic heterocycles. The molecule has 8 aliphatic rings. The van der Waals surface area contributed by atoms with Crippen LogP contribution in [-0.4, -0.2) is 85.5 Å². The van der Waals surface area contributed by atoms with Crippen molar-refractivity contribution in [3.63, 3.8) is 0 Å². The van der Waals surface area contributed by atoms with Crippen molar-refractivity contribution < 1.29 is 52.8 Å². The van der Waals surface area contributed by atoms with E-state index >= 15 is 0 Å². The molecular weight excluding hydrogens is 1010 g/mol. The summed E-state index contributed by atoms with van der Waals surface area (Å²) < 4.78 is 23.7. The number of carbonyl (C=O) groups is 6. The number of ether oxygens (including phenoxy) is 4. The number of aliphatic hydroxyl groups is 1. The Morgan fingerprint density at radius 2 is 1.19 bits per heavy atom. The van der Waals surface area contributed by atoms with Gasteiger partial charge in [0.05, 0.1) is 20.3 Å². The molecule has 0 spiro atoms. The van der Waals surface area contributed by atoms with Crippen LogP contribution in [-0.2, 0) is 47.7 Å². The molecule has 0 heterocycles. The Morgan fingerprint density at radius 3 is 1.68 bits per heavy atom. The van der Waals surface area contributed by atoms with Crippen molar-refractivity contribution in [2.75, 3.05) is 14.2 Å². The minimum atomic E-state index is -0.621. The van der Waals surface area contributed by atoms with Crippen LogP contribution in [0.25, 0.3) is 0 Å². The number of esters is 4. The first-order valence-electron chi connectivity index (χ1n) is 28.0. The van der Waals surface area contributed by atoms with Crippen molar-refractivity contribution in [1.82, 2.24) is 0 Å². The third kappa shape index (κ3) is 11.1. The first kappa shape index (κ1) is 59.9. The van der Waals surface area contributed by atoms with Gasteiger partial charge in [-0.1, -0.05) is 83.5 Å². The van der Waals surface area contributed by atoms with E-state index in [1.807, 2.05) is 0 Å². The number of allylic oxidation sites excluding steroid dienone is 2. The number of carbonyl (C=O) groups excluding carboxylic acids is 6. The van der Waals surface area contributed by atoms with E-state index in [1.165, 1.54) is 28.1 Å². The molecule has 0 amide bonds. The fraction of sp³-hybridized carbons (Fsp3) is 0.862. The molecule has 73 heavy (non-hydrogen) atoms. The topological polar surface area (TPSA) is 172 Å². The number of aliphatic hydroxyl groups excluding tert-OH is 1. The SMILES string of the molecule is CC[C@H]1C(=O)C2C3CC[C@H]([C@H](C)CCC(=O)OC)[C@@]3(C)C(Br)C(O)C2[C@@]2(C)CC[C@@H](OC(C)=O)C[C@@H]12.CC[C@H]1C(=O)C2C3CC[C@H]([C@H](C)CCC(=O)OC)[C@@]3(C)C=CC2[C@@]2(C)CC[C@@H](OC(C)=O)C[C@@H]12.[B]=NS. The second-order valence-electron chi connectivity index (χ2n) is 25.0. The van der Waals surface area contributed by atoms with Gasteiger partial charge in [0, 0.05) is 61.1 Å². The van der Waals surface area contributed by atoms with E-state index < -0.39 is 6.10 Å². The number of hydrogen-bond acceptors (Lipinski definition) is 13. The van der Waals surface area contributed by atoms with Crippen molar-refractivity contribution >= 4 is 71.8 Å². The van der Waals surface area contributed by atoms with Gasteiger partial charge in [0.2, 0.25) is 0 Å². The van der Waals surface area contributed by atoms with Gasteiger partial charge in [-0.15, -0.1) is 0 Å². The molecule has 0 aromatic rings. The quantitative estimate of drug-likeness (QED) is 0.0476. The number of halogens is 1. The predicted octanol–water partition coefficient (Wildman–Crippen LogP) is 11.3. The summed E-state index contributed by atoms with van der Waals surface area (Å²) in [6.07, 6.45) is 17.4. The third-order valence-electron chi connectivity index (χ3n) is 21.9. The first-order chi connectivity index (χ1) is 34.4. The zero-order valence-corrected chi connectivity index (χ0v) is 48.7. The van der Waals surface area contributed by atoms with Crippen LogP contribution in [0.15, 0.2) is 16.5 Å². The molecule has 15 heteroatoms. The molecule has 0 saturated heterocycles. The molecule has 7 fully saturated rings. The summed E-state index contributed by atoms with van der Waals surface area (Å²) in [5.41, 5.74) is -0.315. The number of ketones is 2. The summed E-state index contributed by atoms with van der Waals surface area (Å²) >= 11 is 7.19. The fourth-order valence-electron chi connectivity index (χ4n) is 18.5. The van der Waals surface area contributed by atoms with Crippen molar-refractivity contribution in [1.29, 1.82) is 0 Å². The third-order valence-corrected chi connectivity index (χ3v) is 23.5. The monoisotopic (exact) mass is 1100 g/mol. The normalized spacial score (nSPS) is 43.7. The maximum absolute atomic E-state index is 14.3. The number of methoxy groups -OCH3 is 2. The average Bonchev–Trinajstić information content (AvgIpc) is 3.89. The summed E-state index contributed by atoms with van der Waals surface area (Å²) in [4.78, 5) is 75.2. The van der Waals surface area contributed by atoms with E-state index in [0.29, 0.717) is 60.4 Å². The average molecular weight is 1100 g/mol. The molecule has 0 aromatic carbocycles. The Morgan fingerprint density at radius 1 is 0.740 bits per heavy atom. The van der Waals surface area contributed by atoms with Gasteiger partial charge in [-0.25, -0.2) is 0 Å². The predicted molar refractivity (Wildman–Crippen MR) is 288 cm³/mol. The van der Waals surface area contributed by atoms with Crippen LogP contribution in [0.4, 0.5) is 0 Å². The Hall–Kier alpha value is -2.39. The van der Waals surface area contributed by atoms with Gasteiger partial charge in [-0.3, -0.25) is 28.8 Å². The number of nitrogens with zero attached hydrogens (tertiary/aromatic N) is 1. The van der Waals surface area contributed by atoms with Gasteiger partial charge in [-0.05, 0) is 165 Å². The van der Waals surface area contributed by atoms with Crippen molar-refractivity contribution in [3.05, 3.63) is 12.2 Å². The molecule has 7 saturated carbocycles. The van der Waals surface area contributed by atoms with Crippen LogP contribution in [0, 0.1) is 105 Å². The van der Waals surface area contributed by atoms with Crippen molar-refractivity contribution in [2.24, 2.45) is 109 Å². The van der Waals surface area contributed by atoms with Crippen LogP contribution in [0.2, 0.25) is 0 Å². The van der Waals surface area contributed by atoms with Gasteiger partial charge in [0.25, 0.3) is 0 Å². The summed E-state index contributed by atoms with van der Waals surface area (Å²) in [5, 5.41) is 12.0. The van der Waals surface area contributed by atoms with Crippen LogP contribution in [0.3, 0.4) is 0 Å². The van der Waals surface area contributed by atoms with Gasteiger partial charge in [0.15, 0.2) is 0 Å². The Labute approximate surface area is 452 Å². The van der Waals surface area contributed by atoms with Crippen molar-refractivity contribution in [2.45, 2.75) is 195 Å². The van der Waals surface area contributed by atoms with Gasteiger partial charge in [0.1, 0.15) is 23.8 Å². The molecule has 1 N–H and O–H groups in total. The van der Waals surface area contributed by atoms with E-state index in [-0.39, 0.29) is 116 Å². The molecule has 8 aliphatic carbocycles. The molecule has 8 rings (SSSR count). The number of alkyl halides is 1. The molecular formula is C58H90BBrNO11S. The number of hydrogen-bond donors (Lipinski definition) is 2. The van der Waals surface area contributed by atoms with Crippen LogP contribution in [0.5, 0.6) is 0 Å². The van der Waals surface area contributed by atoms with Crippen LogP contribution >= 0.6 is 28.7 Å². The number of rotatable bonds is 12. The molecule has 22 atom stereocenters. The number of fused-ring (bicyclic) bond motifs is 10. The van der Waals surface area contributed by atoms with Gasteiger partial charge < -0.3 is 24.1 Å². The van der Waals surface area contributed by atoms with E-state index in [4.69, 9.17) is 18.9 Å². The molecule has 409 valence electrons. The van der Waals surface area contributed by atoms with E-state index in [2.05, 4.69) is 108 Å². The number of thiol groups is 1. The van der Waals surface area contributed by atoms with E-state index in [1.54, 1.807) is 0 Å². The zero-order chi connectivity index (χ0) is 54.1.